The summed E-state index contributed by atoms with van der Waals surface area (Å²) in [6.45, 7) is 7.53. The highest BCUT2D eigenvalue weighted by molar-refractivity contribution is 7.20. The molecule has 0 saturated carbocycles. The van der Waals surface area contributed by atoms with Gasteiger partial charge in [-0.1, -0.05) is 13.8 Å². The first-order chi connectivity index (χ1) is 15.7. The van der Waals surface area contributed by atoms with E-state index in [0.717, 1.165) is 11.3 Å². The number of fused-ring (bicyclic) bond motifs is 1. The first-order valence-corrected chi connectivity index (χ1v) is 11.9. The van der Waals surface area contributed by atoms with Crippen LogP contribution in [0.25, 0.3) is 10.2 Å². The highest BCUT2D eigenvalue weighted by Crippen LogP contribution is 2.27. The third kappa shape index (κ3) is 6.02. The zero-order valence-electron chi connectivity index (χ0n) is 18.7. The molecule has 0 aliphatic heterocycles. The SMILES string of the molecule is CCOC(=O)Cc1csc(NC(=O)Cn2cnc3sc(C(=O)OCC(C)C)c(C)c3c2=O)n1. The van der Waals surface area contributed by atoms with E-state index in [9.17, 15) is 19.2 Å². The number of nitrogens with zero attached hydrogens (tertiary/aromatic N) is 3. The molecule has 0 saturated heterocycles. The fourth-order valence-corrected chi connectivity index (χ4v) is 4.65. The number of esters is 2. The van der Waals surface area contributed by atoms with Crippen LogP contribution in [0.1, 0.15) is 41.7 Å². The van der Waals surface area contributed by atoms with Gasteiger partial charge in [0, 0.05) is 5.38 Å². The molecule has 0 aromatic carbocycles. The smallest absolute Gasteiger partial charge is 0.348 e. The number of thiophene rings is 1. The Hall–Kier alpha value is -3.12. The molecule has 0 spiro atoms. The highest BCUT2D eigenvalue weighted by Gasteiger charge is 2.21. The lowest BCUT2D eigenvalue weighted by molar-refractivity contribution is -0.142. The number of aromatic nitrogens is 3. The fourth-order valence-electron chi connectivity index (χ4n) is 2.89. The average Bonchev–Trinajstić information content (AvgIpc) is 3.32. The zero-order chi connectivity index (χ0) is 24.1. The first-order valence-electron chi connectivity index (χ1n) is 10.2. The van der Waals surface area contributed by atoms with Gasteiger partial charge >= 0.3 is 11.9 Å². The van der Waals surface area contributed by atoms with Crippen LogP contribution in [0.15, 0.2) is 16.5 Å². The number of hydrogen-bond acceptors (Lipinski definition) is 10. The van der Waals surface area contributed by atoms with Gasteiger partial charge in [0.15, 0.2) is 5.13 Å². The van der Waals surface area contributed by atoms with E-state index in [1.54, 1.807) is 19.2 Å². The lowest BCUT2D eigenvalue weighted by Crippen LogP contribution is -2.28. The van der Waals surface area contributed by atoms with Crippen molar-refractivity contribution in [3.05, 3.63) is 38.2 Å². The van der Waals surface area contributed by atoms with Crippen LogP contribution in [-0.4, -0.2) is 45.6 Å². The van der Waals surface area contributed by atoms with Crippen molar-refractivity contribution in [2.75, 3.05) is 18.5 Å². The number of rotatable bonds is 9. The van der Waals surface area contributed by atoms with Crippen LogP contribution in [0, 0.1) is 12.8 Å². The first kappa shape index (κ1) is 24.5. The maximum atomic E-state index is 13.0. The van der Waals surface area contributed by atoms with Gasteiger partial charge in [-0.25, -0.2) is 14.8 Å². The van der Waals surface area contributed by atoms with Crippen molar-refractivity contribution in [3.63, 3.8) is 0 Å². The largest absolute Gasteiger partial charge is 0.466 e. The topological polar surface area (TPSA) is 129 Å². The van der Waals surface area contributed by atoms with Gasteiger partial charge in [-0.3, -0.25) is 19.0 Å². The van der Waals surface area contributed by atoms with Gasteiger partial charge in [0.2, 0.25) is 5.91 Å². The Kier molecular flexibility index (Phi) is 7.92. The minimum absolute atomic E-state index is 0.0135. The maximum Gasteiger partial charge on any atom is 0.348 e. The predicted octanol–water partition coefficient (Wildman–Crippen LogP) is 2.78. The molecule has 33 heavy (non-hydrogen) atoms. The third-order valence-electron chi connectivity index (χ3n) is 4.39. The zero-order valence-corrected chi connectivity index (χ0v) is 20.3. The lowest BCUT2D eigenvalue weighted by Gasteiger charge is -2.06. The molecule has 10 nitrogen and oxygen atoms in total. The van der Waals surface area contributed by atoms with E-state index in [1.807, 2.05) is 13.8 Å². The van der Waals surface area contributed by atoms with E-state index in [1.165, 1.54) is 22.2 Å². The standard InChI is InChI=1S/C21H24N4O6S2/c1-5-30-15(27)6-13-9-32-21(23-13)24-14(26)7-25-10-22-18-16(19(25)28)12(4)17(33-18)20(29)31-8-11(2)3/h9-11H,5-8H2,1-4H3,(H,23,24,26). The van der Waals surface area contributed by atoms with E-state index >= 15 is 0 Å². The Labute approximate surface area is 197 Å². The number of hydrogen-bond donors (Lipinski definition) is 1. The lowest BCUT2D eigenvalue weighted by atomic mass is 10.2. The van der Waals surface area contributed by atoms with Crippen molar-refractivity contribution in [2.45, 2.75) is 40.7 Å². The van der Waals surface area contributed by atoms with E-state index in [0.29, 0.717) is 26.1 Å². The van der Waals surface area contributed by atoms with Crippen LogP contribution in [-0.2, 0) is 32.0 Å². The van der Waals surface area contributed by atoms with Crippen LogP contribution < -0.4 is 10.9 Å². The van der Waals surface area contributed by atoms with Crippen molar-refractivity contribution in [2.24, 2.45) is 5.92 Å². The molecule has 1 amide bonds. The monoisotopic (exact) mass is 492 g/mol. The molecular weight excluding hydrogens is 468 g/mol. The summed E-state index contributed by atoms with van der Waals surface area (Å²) >= 11 is 2.26. The van der Waals surface area contributed by atoms with Gasteiger partial charge < -0.3 is 14.8 Å². The second-order valence-corrected chi connectivity index (χ2v) is 9.44. The number of carbonyl (C=O) groups excluding carboxylic acids is 3. The average molecular weight is 493 g/mol. The molecule has 3 heterocycles. The Balaban J connectivity index is 1.72. The van der Waals surface area contributed by atoms with Gasteiger partial charge in [0.1, 0.15) is 16.3 Å². The van der Waals surface area contributed by atoms with Gasteiger partial charge in [0.25, 0.3) is 5.56 Å². The van der Waals surface area contributed by atoms with Crippen LogP contribution >= 0.6 is 22.7 Å². The number of thiazole rings is 1. The maximum absolute atomic E-state index is 13.0. The van der Waals surface area contributed by atoms with Gasteiger partial charge in [0.05, 0.1) is 37.0 Å². The summed E-state index contributed by atoms with van der Waals surface area (Å²) in [5.74, 6) is -1.17. The van der Waals surface area contributed by atoms with Crippen LogP contribution in [0.3, 0.4) is 0 Å². The third-order valence-corrected chi connectivity index (χ3v) is 6.38. The Morgan fingerprint density at radius 2 is 2.00 bits per heavy atom. The molecule has 3 aromatic rings. The second-order valence-electron chi connectivity index (χ2n) is 7.58. The molecule has 0 atom stereocenters. The molecule has 0 aliphatic rings. The van der Waals surface area contributed by atoms with Crippen molar-refractivity contribution in [1.82, 2.24) is 14.5 Å². The van der Waals surface area contributed by atoms with Crippen molar-refractivity contribution < 1.29 is 23.9 Å². The number of ether oxygens (including phenoxy) is 2. The number of amides is 1. The Morgan fingerprint density at radius 1 is 1.24 bits per heavy atom. The van der Waals surface area contributed by atoms with Crippen molar-refractivity contribution >= 4 is 55.9 Å². The summed E-state index contributed by atoms with van der Waals surface area (Å²) in [7, 11) is 0. The summed E-state index contributed by atoms with van der Waals surface area (Å²) in [5.41, 5.74) is 0.549. The van der Waals surface area contributed by atoms with E-state index in [2.05, 4.69) is 15.3 Å². The second kappa shape index (κ2) is 10.7. The number of aryl methyl sites for hydroxylation is 1. The summed E-state index contributed by atoms with van der Waals surface area (Å²) in [6, 6.07) is 0. The predicted molar refractivity (Wildman–Crippen MR) is 125 cm³/mol. The summed E-state index contributed by atoms with van der Waals surface area (Å²) in [6.07, 6.45) is 1.29. The Morgan fingerprint density at radius 3 is 2.70 bits per heavy atom. The molecule has 0 bridgehead atoms. The van der Waals surface area contributed by atoms with E-state index in [-0.39, 0.29) is 37.5 Å². The van der Waals surface area contributed by atoms with Crippen molar-refractivity contribution in [1.29, 1.82) is 0 Å². The molecule has 0 unspecified atom stereocenters. The molecule has 3 aromatic heterocycles. The van der Waals surface area contributed by atoms with Gasteiger partial charge in [-0.15, -0.1) is 22.7 Å². The number of nitrogens with one attached hydrogen (secondary N) is 1. The highest BCUT2D eigenvalue weighted by atomic mass is 32.1. The van der Waals surface area contributed by atoms with Crippen molar-refractivity contribution in [3.8, 4) is 0 Å². The fraction of sp³-hybridized carbons (Fsp3) is 0.429. The summed E-state index contributed by atoms with van der Waals surface area (Å²) in [4.78, 5) is 58.5. The summed E-state index contributed by atoms with van der Waals surface area (Å²) < 4.78 is 11.3. The van der Waals surface area contributed by atoms with Crippen LogP contribution in [0.4, 0.5) is 5.13 Å². The quantitative estimate of drug-likeness (QED) is 0.452. The minimum Gasteiger partial charge on any atom is -0.466 e. The molecule has 0 radical (unpaired) electrons. The molecule has 0 fully saturated rings. The normalized spacial score (nSPS) is 11.1. The van der Waals surface area contributed by atoms with Crippen LogP contribution in [0.2, 0.25) is 0 Å². The number of anilines is 1. The van der Waals surface area contributed by atoms with E-state index in [4.69, 9.17) is 9.47 Å². The minimum atomic E-state index is -0.490. The van der Waals surface area contributed by atoms with Gasteiger partial charge in [-0.2, -0.15) is 0 Å². The van der Waals surface area contributed by atoms with E-state index < -0.39 is 23.4 Å². The van der Waals surface area contributed by atoms with Gasteiger partial charge in [-0.05, 0) is 25.3 Å². The molecular formula is C21H24N4O6S2. The molecule has 1 N–H and O–H groups in total. The molecule has 3 rings (SSSR count). The molecule has 12 heteroatoms. The summed E-state index contributed by atoms with van der Waals surface area (Å²) in [5, 5.41) is 4.87. The molecule has 0 aliphatic carbocycles. The Bertz CT molecular complexity index is 1240. The number of carbonyl (C=O) groups is 3. The van der Waals surface area contributed by atoms with Crippen LogP contribution in [0.5, 0.6) is 0 Å². The molecule has 176 valence electrons.